The lowest BCUT2D eigenvalue weighted by Gasteiger charge is -2.12. The summed E-state index contributed by atoms with van der Waals surface area (Å²) in [6.45, 7) is 0.621. The number of pyridine rings is 2. The Kier molecular flexibility index (Phi) is 4.24. The van der Waals surface area contributed by atoms with Crippen molar-refractivity contribution in [2.24, 2.45) is 0 Å². The number of carbonyl (C=O) groups is 1. The van der Waals surface area contributed by atoms with E-state index >= 15 is 0 Å². The first kappa shape index (κ1) is 16.8. The highest BCUT2D eigenvalue weighted by Gasteiger charge is 2.23. The Labute approximate surface area is 155 Å². The molecule has 0 bridgehead atoms. The number of methoxy groups -OCH3 is 1. The number of aromatic nitrogens is 2. The van der Waals surface area contributed by atoms with Gasteiger partial charge in [0.1, 0.15) is 5.15 Å². The minimum Gasteiger partial charge on any atom is -0.465 e. The van der Waals surface area contributed by atoms with Crippen molar-refractivity contribution in [1.29, 1.82) is 0 Å². The molecule has 1 aromatic carbocycles. The van der Waals surface area contributed by atoms with E-state index < -0.39 is 5.97 Å². The van der Waals surface area contributed by atoms with Crippen LogP contribution in [0.2, 0.25) is 5.15 Å². The standard InChI is InChI=1S/C20H17ClN2O3/c1-26-20(25)15-11-14(19(24)23-8-4-7-17(15)23)10-13-9-12-5-2-3-6-16(12)22-18(13)21/h2-3,5-6,9,11H,4,7-8,10H2,1H3. The van der Waals surface area contributed by atoms with Gasteiger partial charge < -0.3 is 9.30 Å². The number of halogens is 1. The molecule has 2 aromatic heterocycles. The number of para-hydroxylation sites is 1. The number of hydrogen-bond donors (Lipinski definition) is 0. The van der Waals surface area contributed by atoms with Crippen LogP contribution < -0.4 is 5.56 Å². The highest BCUT2D eigenvalue weighted by molar-refractivity contribution is 6.30. The molecule has 1 aliphatic rings. The second kappa shape index (κ2) is 6.57. The molecule has 132 valence electrons. The minimum atomic E-state index is -0.417. The number of esters is 1. The number of nitrogens with zero attached hydrogens (tertiary/aromatic N) is 2. The van der Waals surface area contributed by atoms with Gasteiger partial charge in [-0.25, -0.2) is 9.78 Å². The molecule has 5 nitrogen and oxygen atoms in total. The molecular weight excluding hydrogens is 352 g/mol. The molecule has 3 heterocycles. The number of hydrogen-bond acceptors (Lipinski definition) is 4. The Morgan fingerprint density at radius 1 is 1.27 bits per heavy atom. The highest BCUT2D eigenvalue weighted by Crippen LogP contribution is 2.24. The zero-order chi connectivity index (χ0) is 18.3. The predicted molar refractivity (Wildman–Crippen MR) is 99.9 cm³/mol. The molecule has 4 rings (SSSR count). The van der Waals surface area contributed by atoms with E-state index in [-0.39, 0.29) is 5.56 Å². The van der Waals surface area contributed by atoms with Crippen molar-refractivity contribution in [2.75, 3.05) is 7.11 Å². The first-order valence-electron chi connectivity index (χ1n) is 8.46. The fourth-order valence-corrected chi connectivity index (χ4v) is 3.76. The molecule has 0 radical (unpaired) electrons. The van der Waals surface area contributed by atoms with E-state index in [1.807, 2.05) is 30.3 Å². The molecule has 6 heteroatoms. The second-order valence-electron chi connectivity index (χ2n) is 6.39. The van der Waals surface area contributed by atoms with E-state index in [0.717, 1.165) is 28.6 Å². The second-order valence-corrected chi connectivity index (χ2v) is 6.75. The Morgan fingerprint density at radius 2 is 2.08 bits per heavy atom. The molecular formula is C20H17ClN2O3. The molecule has 0 N–H and O–H groups in total. The third-order valence-electron chi connectivity index (χ3n) is 4.81. The molecule has 0 saturated heterocycles. The molecule has 3 aromatic rings. The van der Waals surface area contributed by atoms with Crippen LogP contribution in [-0.2, 0) is 24.1 Å². The van der Waals surface area contributed by atoms with Crippen LogP contribution in [0.15, 0.2) is 41.2 Å². The Bertz CT molecular complexity index is 1090. The van der Waals surface area contributed by atoms with Gasteiger partial charge in [-0.3, -0.25) is 4.79 Å². The van der Waals surface area contributed by atoms with Gasteiger partial charge in [-0.15, -0.1) is 0 Å². The molecule has 0 saturated carbocycles. The normalized spacial score (nSPS) is 13.0. The van der Waals surface area contributed by atoms with E-state index in [1.165, 1.54) is 7.11 Å². The van der Waals surface area contributed by atoms with Crippen molar-refractivity contribution < 1.29 is 9.53 Å². The summed E-state index contributed by atoms with van der Waals surface area (Å²) >= 11 is 6.34. The summed E-state index contributed by atoms with van der Waals surface area (Å²) in [6, 6.07) is 11.3. The van der Waals surface area contributed by atoms with Crippen LogP contribution in [0.1, 0.15) is 33.6 Å². The van der Waals surface area contributed by atoms with E-state index in [4.69, 9.17) is 16.3 Å². The number of carbonyl (C=O) groups excluding carboxylic acids is 1. The zero-order valence-electron chi connectivity index (χ0n) is 14.3. The third-order valence-corrected chi connectivity index (χ3v) is 5.13. The Morgan fingerprint density at radius 3 is 2.88 bits per heavy atom. The molecule has 0 amide bonds. The topological polar surface area (TPSA) is 61.2 Å². The van der Waals surface area contributed by atoms with E-state index in [2.05, 4.69) is 4.98 Å². The van der Waals surface area contributed by atoms with Crippen molar-refractivity contribution in [3.63, 3.8) is 0 Å². The number of fused-ring (bicyclic) bond motifs is 2. The van der Waals surface area contributed by atoms with Crippen LogP contribution >= 0.6 is 11.6 Å². The third kappa shape index (κ3) is 2.78. The van der Waals surface area contributed by atoms with Gasteiger partial charge >= 0.3 is 5.97 Å². The summed E-state index contributed by atoms with van der Waals surface area (Å²) in [6.07, 6.45) is 1.87. The van der Waals surface area contributed by atoms with Gasteiger partial charge in [0.05, 0.1) is 18.2 Å². The van der Waals surface area contributed by atoms with Crippen LogP contribution in [0.25, 0.3) is 10.9 Å². The average Bonchev–Trinajstić information content (AvgIpc) is 3.14. The van der Waals surface area contributed by atoms with Crippen LogP contribution in [-0.4, -0.2) is 22.6 Å². The lowest BCUT2D eigenvalue weighted by molar-refractivity contribution is 0.0598. The lowest BCUT2D eigenvalue weighted by atomic mass is 10.0. The quantitative estimate of drug-likeness (QED) is 0.525. The summed E-state index contributed by atoms with van der Waals surface area (Å²) in [4.78, 5) is 29.4. The molecule has 1 aliphatic heterocycles. The van der Waals surface area contributed by atoms with Crippen molar-refractivity contribution in [3.8, 4) is 0 Å². The Balaban J connectivity index is 1.83. The molecule has 0 aliphatic carbocycles. The van der Waals surface area contributed by atoms with Crippen molar-refractivity contribution >= 4 is 28.5 Å². The van der Waals surface area contributed by atoms with Crippen LogP contribution in [0.4, 0.5) is 0 Å². The van der Waals surface area contributed by atoms with Gasteiger partial charge in [0.2, 0.25) is 0 Å². The van der Waals surface area contributed by atoms with Crippen LogP contribution in [0.5, 0.6) is 0 Å². The molecule has 26 heavy (non-hydrogen) atoms. The van der Waals surface area contributed by atoms with Gasteiger partial charge in [0.15, 0.2) is 0 Å². The summed E-state index contributed by atoms with van der Waals surface area (Å²) in [7, 11) is 1.35. The lowest BCUT2D eigenvalue weighted by Crippen LogP contribution is -2.26. The number of benzene rings is 1. The molecule has 0 fully saturated rings. The van der Waals surface area contributed by atoms with Crippen molar-refractivity contribution in [3.05, 3.63) is 74.3 Å². The molecule has 0 spiro atoms. The zero-order valence-corrected chi connectivity index (χ0v) is 15.0. The summed E-state index contributed by atoms with van der Waals surface area (Å²) in [5, 5.41) is 1.33. The predicted octanol–water partition coefficient (Wildman–Crippen LogP) is 3.37. The maximum absolute atomic E-state index is 12.9. The Hall–Kier alpha value is -2.66. The molecule has 0 unspecified atom stereocenters. The van der Waals surface area contributed by atoms with Gasteiger partial charge in [-0.2, -0.15) is 0 Å². The maximum Gasteiger partial charge on any atom is 0.339 e. The van der Waals surface area contributed by atoms with Crippen LogP contribution in [0, 0.1) is 0 Å². The van der Waals surface area contributed by atoms with E-state index in [0.29, 0.717) is 35.7 Å². The SMILES string of the molecule is COC(=O)c1cc(Cc2cc3ccccc3nc2Cl)c(=O)n2c1CCC2. The van der Waals surface area contributed by atoms with Crippen LogP contribution in [0.3, 0.4) is 0 Å². The van der Waals surface area contributed by atoms with Gasteiger partial charge in [-0.05, 0) is 36.6 Å². The van der Waals surface area contributed by atoms with Gasteiger partial charge in [0.25, 0.3) is 5.56 Å². The minimum absolute atomic E-state index is 0.0746. The van der Waals surface area contributed by atoms with E-state index in [1.54, 1.807) is 10.6 Å². The first-order valence-corrected chi connectivity index (χ1v) is 8.84. The fraction of sp³-hybridized carbons (Fsp3) is 0.250. The number of ether oxygens (including phenoxy) is 1. The number of rotatable bonds is 3. The maximum atomic E-state index is 12.9. The summed E-state index contributed by atoms with van der Waals surface area (Å²) in [5.74, 6) is -0.417. The van der Waals surface area contributed by atoms with Gasteiger partial charge in [-0.1, -0.05) is 29.8 Å². The first-order chi connectivity index (χ1) is 12.6. The molecule has 0 atom stereocenters. The fourth-order valence-electron chi connectivity index (χ4n) is 3.55. The van der Waals surface area contributed by atoms with Crippen molar-refractivity contribution in [1.82, 2.24) is 9.55 Å². The summed E-state index contributed by atoms with van der Waals surface area (Å²) < 4.78 is 6.58. The largest absolute Gasteiger partial charge is 0.465 e. The van der Waals surface area contributed by atoms with Gasteiger partial charge in [0, 0.05) is 29.6 Å². The van der Waals surface area contributed by atoms with E-state index in [9.17, 15) is 9.59 Å². The average molecular weight is 369 g/mol. The smallest absolute Gasteiger partial charge is 0.339 e. The highest BCUT2D eigenvalue weighted by atomic mass is 35.5. The van der Waals surface area contributed by atoms with Crippen molar-refractivity contribution in [2.45, 2.75) is 25.8 Å². The monoisotopic (exact) mass is 368 g/mol. The summed E-state index contributed by atoms with van der Waals surface area (Å²) in [5.41, 5.74) is 3.24.